The predicted octanol–water partition coefficient (Wildman–Crippen LogP) is 4.48. The number of hydrogen-bond acceptors (Lipinski definition) is 5. The summed E-state index contributed by atoms with van der Waals surface area (Å²) in [6, 6.07) is 15.3. The first-order chi connectivity index (χ1) is 12.7. The van der Waals surface area contributed by atoms with Crippen LogP contribution < -0.4 is 14.8 Å². The molecule has 1 N–H and O–H groups in total. The van der Waals surface area contributed by atoms with E-state index in [2.05, 4.69) is 10.3 Å². The van der Waals surface area contributed by atoms with E-state index >= 15 is 0 Å². The van der Waals surface area contributed by atoms with E-state index in [0.717, 1.165) is 16.0 Å². The number of nitrogens with zero attached hydrogens (tertiary/aromatic N) is 1. The first-order valence-corrected chi connectivity index (χ1v) is 8.73. The van der Waals surface area contributed by atoms with Crippen LogP contribution in [0.1, 0.15) is 5.56 Å². The number of aromatic nitrogens is 1. The Labute approximate surface area is 155 Å². The van der Waals surface area contributed by atoms with Gasteiger partial charge in [-0.2, -0.15) is 0 Å². The Morgan fingerprint density at radius 2 is 1.92 bits per heavy atom. The summed E-state index contributed by atoms with van der Waals surface area (Å²) >= 11 is 1.43. The van der Waals surface area contributed by atoms with Crippen LogP contribution in [0, 0.1) is 0 Å². The Morgan fingerprint density at radius 1 is 1.12 bits per heavy atom. The van der Waals surface area contributed by atoms with Gasteiger partial charge < -0.3 is 9.47 Å². The van der Waals surface area contributed by atoms with Crippen molar-refractivity contribution in [2.45, 2.75) is 0 Å². The molecule has 0 bridgehead atoms. The molecule has 132 valence electrons. The lowest BCUT2D eigenvalue weighted by Crippen LogP contribution is -2.07. The van der Waals surface area contributed by atoms with E-state index in [0.29, 0.717) is 16.6 Å². The SMILES string of the molecule is COc1ccc(OC)c(/C=C/C(=O)Nc2ncc(-c3ccccc3)s2)c1. The lowest BCUT2D eigenvalue weighted by molar-refractivity contribution is -0.111. The van der Waals surface area contributed by atoms with Gasteiger partial charge in [-0.1, -0.05) is 41.7 Å². The number of thiazole rings is 1. The molecule has 1 amide bonds. The van der Waals surface area contributed by atoms with Gasteiger partial charge in [0, 0.05) is 17.8 Å². The van der Waals surface area contributed by atoms with Gasteiger partial charge in [-0.15, -0.1) is 0 Å². The second-order valence-electron chi connectivity index (χ2n) is 5.33. The minimum Gasteiger partial charge on any atom is -0.497 e. The van der Waals surface area contributed by atoms with Crippen LogP contribution in [-0.2, 0) is 4.79 Å². The number of carbonyl (C=O) groups excluding carboxylic acids is 1. The highest BCUT2D eigenvalue weighted by atomic mass is 32.1. The number of ether oxygens (including phenoxy) is 2. The number of amides is 1. The van der Waals surface area contributed by atoms with Crippen molar-refractivity contribution in [1.82, 2.24) is 4.98 Å². The van der Waals surface area contributed by atoms with Crippen molar-refractivity contribution in [2.75, 3.05) is 19.5 Å². The van der Waals surface area contributed by atoms with Crippen LogP contribution in [0.5, 0.6) is 11.5 Å². The third kappa shape index (κ3) is 4.29. The van der Waals surface area contributed by atoms with Crippen molar-refractivity contribution < 1.29 is 14.3 Å². The van der Waals surface area contributed by atoms with Gasteiger partial charge in [-0.25, -0.2) is 4.98 Å². The van der Waals surface area contributed by atoms with Crippen molar-refractivity contribution in [3.05, 3.63) is 66.4 Å². The van der Waals surface area contributed by atoms with Crippen molar-refractivity contribution >= 4 is 28.5 Å². The fourth-order valence-corrected chi connectivity index (χ4v) is 3.17. The van der Waals surface area contributed by atoms with Crippen molar-refractivity contribution in [2.24, 2.45) is 0 Å². The Hall–Kier alpha value is -3.12. The average molecular weight is 366 g/mol. The van der Waals surface area contributed by atoms with Gasteiger partial charge in [-0.3, -0.25) is 10.1 Å². The zero-order valence-corrected chi connectivity index (χ0v) is 15.2. The maximum Gasteiger partial charge on any atom is 0.250 e. The van der Waals surface area contributed by atoms with Gasteiger partial charge in [-0.05, 0) is 29.8 Å². The standard InChI is InChI=1S/C20H18N2O3S/c1-24-16-9-10-17(25-2)15(12-16)8-11-19(23)22-20-21-13-18(26-20)14-6-4-3-5-7-14/h3-13H,1-2H3,(H,21,22,23)/b11-8+. The molecule has 6 heteroatoms. The van der Waals surface area contributed by atoms with Crippen molar-refractivity contribution in [1.29, 1.82) is 0 Å². The third-order valence-electron chi connectivity index (χ3n) is 3.65. The minimum absolute atomic E-state index is 0.260. The van der Waals surface area contributed by atoms with Crippen LogP contribution in [0.15, 0.2) is 60.8 Å². The first-order valence-electron chi connectivity index (χ1n) is 7.92. The van der Waals surface area contributed by atoms with Gasteiger partial charge in [0.05, 0.1) is 19.1 Å². The van der Waals surface area contributed by atoms with E-state index in [-0.39, 0.29) is 5.91 Å². The molecule has 0 saturated carbocycles. The monoisotopic (exact) mass is 366 g/mol. The number of nitrogens with one attached hydrogen (secondary N) is 1. The summed E-state index contributed by atoms with van der Waals surface area (Å²) in [6.07, 6.45) is 4.88. The molecular weight excluding hydrogens is 348 g/mol. The van der Waals surface area contributed by atoms with Crippen molar-refractivity contribution in [3.63, 3.8) is 0 Å². The van der Waals surface area contributed by atoms with Gasteiger partial charge in [0.2, 0.25) is 5.91 Å². The van der Waals surface area contributed by atoms with Crippen molar-refractivity contribution in [3.8, 4) is 21.9 Å². The quantitative estimate of drug-likeness (QED) is 0.654. The molecule has 3 rings (SSSR count). The molecule has 0 aliphatic rings. The van der Waals surface area contributed by atoms with E-state index in [1.807, 2.05) is 30.3 Å². The summed E-state index contributed by atoms with van der Waals surface area (Å²) in [5.74, 6) is 1.09. The zero-order valence-electron chi connectivity index (χ0n) is 14.4. The molecule has 0 aliphatic carbocycles. The number of anilines is 1. The molecule has 0 aliphatic heterocycles. The topological polar surface area (TPSA) is 60.5 Å². The van der Waals surface area contributed by atoms with Crippen LogP contribution >= 0.6 is 11.3 Å². The molecule has 0 fully saturated rings. The fourth-order valence-electron chi connectivity index (χ4n) is 2.35. The summed E-state index contributed by atoms with van der Waals surface area (Å²) in [4.78, 5) is 17.4. The predicted molar refractivity (Wildman–Crippen MR) is 105 cm³/mol. The molecular formula is C20H18N2O3S. The summed E-state index contributed by atoms with van der Waals surface area (Å²) in [5, 5.41) is 3.33. The highest BCUT2D eigenvalue weighted by Crippen LogP contribution is 2.29. The Bertz CT molecular complexity index is 920. The summed E-state index contributed by atoms with van der Waals surface area (Å²) in [5.41, 5.74) is 1.83. The lowest BCUT2D eigenvalue weighted by atomic mass is 10.1. The molecule has 0 saturated heterocycles. The number of benzene rings is 2. The largest absolute Gasteiger partial charge is 0.497 e. The van der Waals surface area contributed by atoms with Crippen LogP contribution in [0.3, 0.4) is 0 Å². The minimum atomic E-state index is -0.260. The van der Waals surface area contributed by atoms with E-state index in [9.17, 15) is 4.79 Å². The molecule has 0 unspecified atom stereocenters. The second kappa shape index (κ2) is 8.31. The van der Waals surface area contributed by atoms with Gasteiger partial charge >= 0.3 is 0 Å². The van der Waals surface area contributed by atoms with E-state index in [4.69, 9.17) is 9.47 Å². The average Bonchev–Trinajstić information content (AvgIpc) is 3.15. The molecule has 0 radical (unpaired) electrons. The molecule has 0 spiro atoms. The zero-order chi connectivity index (χ0) is 18.4. The van der Waals surface area contributed by atoms with Gasteiger partial charge in [0.1, 0.15) is 11.5 Å². The van der Waals surface area contributed by atoms with E-state index in [1.165, 1.54) is 17.4 Å². The third-order valence-corrected chi connectivity index (χ3v) is 4.61. The highest BCUT2D eigenvalue weighted by Gasteiger charge is 2.07. The normalized spacial score (nSPS) is 10.7. The summed E-state index contributed by atoms with van der Waals surface area (Å²) in [7, 11) is 3.18. The smallest absolute Gasteiger partial charge is 0.250 e. The first kappa shape index (κ1) is 17.7. The van der Waals surface area contributed by atoms with Gasteiger partial charge in [0.15, 0.2) is 5.13 Å². The van der Waals surface area contributed by atoms with Crippen LogP contribution in [0.2, 0.25) is 0 Å². The fraction of sp³-hybridized carbons (Fsp3) is 0.100. The van der Waals surface area contributed by atoms with E-state index in [1.54, 1.807) is 44.7 Å². The molecule has 5 nitrogen and oxygen atoms in total. The summed E-state index contributed by atoms with van der Waals surface area (Å²) in [6.45, 7) is 0. The number of rotatable bonds is 6. The molecule has 2 aromatic carbocycles. The van der Waals surface area contributed by atoms with E-state index < -0.39 is 0 Å². The molecule has 1 heterocycles. The highest BCUT2D eigenvalue weighted by molar-refractivity contribution is 7.19. The summed E-state index contributed by atoms with van der Waals surface area (Å²) < 4.78 is 10.5. The van der Waals surface area contributed by atoms with Gasteiger partial charge in [0.25, 0.3) is 0 Å². The Kier molecular flexibility index (Phi) is 5.66. The maximum atomic E-state index is 12.2. The van der Waals surface area contributed by atoms with Crippen LogP contribution in [-0.4, -0.2) is 25.1 Å². The Balaban J connectivity index is 1.70. The number of hydrogen-bond donors (Lipinski definition) is 1. The number of methoxy groups -OCH3 is 2. The molecule has 3 aromatic rings. The van der Waals surface area contributed by atoms with Crippen LogP contribution in [0.4, 0.5) is 5.13 Å². The lowest BCUT2D eigenvalue weighted by Gasteiger charge is -2.07. The molecule has 0 atom stereocenters. The van der Waals surface area contributed by atoms with Crippen LogP contribution in [0.25, 0.3) is 16.5 Å². The maximum absolute atomic E-state index is 12.2. The number of carbonyl (C=O) groups is 1. The molecule has 1 aromatic heterocycles. The Morgan fingerprint density at radius 3 is 2.65 bits per heavy atom. The molecule has 26 heavy (non-hydrogen) atoms. The second-order valence-corrected chi connectivity index (χ2v) is 6.36.